The molecule has 166 valence electrons. The molecule has 2 aromatic rings. The van der Waals surface area contributed by atoms with Crippen molar-refractivity contribution in [2.45, 2.75) is 26.0 Å². The highest BCUT2D eigenvalue weighted by molar-refractivity contribution is 5.97. The third-order valence-electron chi connectivity index (χ3n) is 5.05. The molecule has 0 saturated carbocycles. The number of nitrogens with zero attached hydrogens (tertiary/aromatic N) is 1. The molecule has 0 spiro atoms. The van der Waals surface area contributed by atoms with Crippen LogP contribution in [0.4, 0.5) is 10.5 Å². The molecule has 2 atom stereocenters. The fraction of sp³-hybridized carbons (Fsp3) is 0.417. The molecule has 0 radical (unpaired) electrons. The highest BCUT2D eigenvalue weighted by Gasteiger charge is 2.25. The minimum absolute atomic E-state index is 0.0634. The van der Waals surface area contributed by atoms with Gasteiger partial charge in [0.15, 0.2) is 0 Å². The maximum Gasteiger partial charge on any atom is 0.315 e. The van der Waals surface area contributed by atoms with Crippen molar-refractivity contribution in [1.29, 1.82) is 0 Å². The van der Waals surface area contributed by atoms with Gasteiger partial charge >= 0.3 is 6.03 Å². The van der Waals surface area contributed by atoms with E-state index in [9.17, 15) is 9.59 Å². The minimum atomic E-state index is -0.814. The monoisotopic (exact) mass is 424 g/mol. The van der Waals surface area contributed by atoms with E-state index in [1.807, 2.05) is 60.7 Å². The molecule has 0 bridgehead atoms. The van der Waals surface area contributed by atoms with Crippen LogP contribution >= 0.6 is 0 Å². The van der Waals surface area contributed by atoms with Gasteiger partial charge in [-0.15, -0.1) is 0 Å². The molecule has 0 aromatic heterocycles. The second-order valence-electron chi connectivity index (χ2n) is 8.20. The number of morpholine rings is 1. The van der Waals surface area contributed by atoms with E-state index in [1.165, 1.54) is 0 Å². The summed E-state index contributed by atoms with van der Waals surface area (Å²) in [7, 11) is 0. The van der Waals surface area contributed by atoms with Crippen LogP contribution in [-0.4, -0.2) is 55.7 Å². The van der Waals surface area contributed by atoms with Gasteiger partial charge in [-0.3, -0.25) is 9.69 Å². The number of amides is 3. The number of rotatable bonds is 8. The van der Waals surface area contributed by atoms with Gasteiger partial charge in [0.25, 0.3) is 5.91 Å². The molecule has 1 aliphatic heterocycles. The van der Waals surface area contributed by atoms with E-state index in [-0.39, 0.29) is 12.0 Å². The largest absolute Gasteiger partial charge is 0.374 e. The number of hydrogen-bond acceptors (Lipinski definition) is 4. The summed E-state index contributed by atoms with van der Waals surface area (Å²) < 4.78 is 5.79. The third-order valence-corrected chi connectivity index (χ3v) is 5.05. The molecule has 3 rings (SSSR count). The fourth-order valence-corrected chi connectivity index (χ4v) is 3.66. The van der Waals surface area contributed by atoms with Crippen LogP contribution in [0.1, 0.15) is 25.5 Å². The topological polar surface area (TPSA) is 82.7 Å². The lowest BCUT2D eigenvalue weighted by Gasteiger charge is -2.34. The van der Waals surface area contributed by atoms with Crippen LogP contribution in [0.15, 0.2) is 60.7 Å². The molecule has 31 heavy (non-hydrogen) atoms. The van der Waals surface area contributed by atoms with Crippen LogP contribution in [-0.2, 0) is 9.53 Å². The Bertz CT molecular complexity index is 829. The lowest BCUT2D eigenvalue weighted by Crippen LogP contribution is -2.50. The molecule has 7 nitrogen and oxygen atoms in total. The first kappa shape index (κ1) is 22.8. The number of benzene rings is 2. The van der Waals surface area contributed by atoms with Gasteiger partial charge in [-0.1, -0.05) is 62.4 Å². The summed E-state index contributed by atoms with van der Waals surface area (Å²) in [4.78, 5) is 27.9. The number of ether oxygens (including phenoxy) is 1. The zero-order valence-corrected chi connectivity index (χ0v) is 18.2. The van der Waals surface area contributed by atoms with Crippen molar-refractivity contribution >= 4 is 17.6 Å². The average Bonchev–Trinajstić information content (AvgIpc) is 2.77. The summed E-state index contributed by atoms with van der Waals surface area (Å²) in [6.07, 6.45) is -0.0634. The van der Waals surface area contributed by atoms with Crippen LogP contribution < -0.4 is 16.0 Å². The maximum atomic E-state index is 12.9. The predicted octanol–water partition coefficient (Wildman–Crippen LogP) is 3.02. The van der Waals surface area contributed by atoms with Gasteiger partial charge in [0.05, 0.1) is 12.7 Å². The Labute approximate surface area is 184 Å². The molecule has 1 aliphatic rings. The highest BCUT2D eigenvalue weighted by atomic mass is 16.5. The quantitative estimate of drug-likeness (QED) is 0.608. The molecule has 1 saturated heterocycles. The Hall–Kier alpha value is -2.90. The van der Waals surface area contributed by atoms with Gasteiger partial charge in [0.1, 0.15) is 6.04 Å². The van der Waals surface area contributed by atoms with Gasteiger partial charge in [0, 0.05) is 31.9 Å². The van der Waals surface area contributed by atoms with E-state index in [4.69, 9.17) is 4.74 Å². The number of urea groups is 1. The second-order valence-corrected chi connectivity index (χ2v) is 8.20. The Morgan fingerprint density at radius 2 is 1.74 bits per heavy atom. The van der Waals surface area contributed by atoms with Crippen molar-refractivity contribution in [3.05, 3.63) is 66.2 Å². The Kier molecular flexibility index (Phi) is 8.44. The second kappa shape index (κ2) is 11.5. The summed E-state index contributed by atoms with van der Waals surface area (Å²) in [6.45, 7) is 8.16. The zero-order chi connectivity index (χ0) is 22.1. The standard InChI is InChI=1S/C24H32N4O3/c1-18(2)16-28-13-14-31-21(17-28)15-25-24(30)27-22(19-9-5-3-6-10-19)23(29)26-20-11-7-4-8-12-20/h3-12,18,21-22H,13-17H2,1-2H3,(H,26,29)(H2,25,27,30). The summed E-state index contributed by atoms with van der Waals surface area (Å²) in [5.41, 5.74) is 1.39. The number of nitrogens with one attached hydrogen (secondary N) is 3. The molecule has 3 N–H and O–H groups in total. The van der Waals surface area contributed by atoms with E-state index in [1.54, 1.807) is 0 Å². The summed E-state index contributed by atoms with van der Waals surface area (Å²) in [5, 5.41) is 8.53. The van der Waals surface area contributed by atoms with Crippen LogP contribution in [0.2, 0.25) is 0 Å². The fourth-order valence-electron chi connectivity index (χ4n) is 3.66. The smallest absolute Gasteiger partial charge is 0.315 e. The number of para-hydroxylation sites is 1. The lowest BCUT2D eigenvalue weighted by molar-refractivity contribution is -0.118. The maximum absolute atomic E-state index is 12.9. The van der Waals surface area contributed by atoms with Gasteiger partial charge in [-0.05, 0) is 23.6 Å². The van der Waals surface area contributed by atoms with Crippen molar-refractivity contribution < 1.29 is 14.3 Å². The first-order valence-electron chi connectivity index (χ1n) is 10.8. The molecular weight excluding hydrogens is 392 g/mol. The first-order valence-corrected chi connectivity index (χ1v) is 10.8. The summed E-state index contributed by atoms with van der Waals surface area (Å²) >= 11 is 0. The van der Waals surface area contributed by atoms with Gasteiger partial charge in [0.2, 0.25) is 0 Å². The average molecular weight is 425 g/mol. The van der Waals surface area contributed by atoms with Crippen LogP contribution in [0.5, 0.6) is 0 Å². The number of hydrogen-bond donors (Lipinski definition) is 3. The van der Waals surface area contributed by atoms with Crippen molar-refractivity contribution in [3.63, 3.8) is 0 Å². The van der Waals surface area contributed by atoms with Crippen LogP contribution in [0, 0.1) is 5.92 Å². The Balaban J connectivity index is 1.57. The third kappa shape index (κ3) is 7.38. The molecule has 2 unspecified atom stereocenters. The van der Waals surface area contributed by atoms with Crippen molar-refractivity contribution in [1.82, 2.24) is 15.5 Å². The molecule has 2 aromatic carbocycles. The van der Waals surface area contributed by atoms with Crippen molar-refractivity contribution in [2.24, 2.45) is 5.92 Å². The normalized spacial score (nSPS) is 17.7. The van der Waals surface area contributed by atoms with Crippen LogP contribution in [0.3, 0.4) is 0 Å². The highest BCUT2D eigenvalue weighted by Crippen LogP contribution is 2.16. The summed E-state index contributed by atoms with van der Waals surface area (Å²) in [6, 6.07) is 17.2. The zero-order valence-electron chi connectivity index (χ0n) is 18.2. The van der Waals surface area contributed by atoms with Crippen molar-refractivity contribution in [2.75, 3.05) is 38.1 Å². The molecule has 1 heterocycles. The number of anilines is 1. The Morgan fingerprint density at radius 1 is 1.06 bits per heavy atom. The predicted molar refractivity (Wildman–Crippen MR) is 122 cm³/mol. The molecule has 0 aliphatic carbocycles. The van der Waals surface area contributed by atoms with E-state index in [0.29, 0.717) is 30.3 Å². The van der Waals surface area contributed by atoms with Gasteiger partial charge in [-0.25, -0.2) is 4.79 Å². The lowest BCUT2D eigenvalue weighted by atomic mass is 10.1. The number of carbonyl (C=O) groups is 2. The minimum Gasteiger partial charge on any atom is -0.374 e. The molecular formula is C24H32N4O3. The first-order chi connectivity index (χ1) is 15.0. The van der Waals surface area contributed by atoms with E-state index in [0.717, 1.165) is 19.6 Å². The van der Waals surface area contributed by atoms with Crippen LogP contribution in [0.25, 0.3) is 0 Å². The van der Waals surface area contributed by atoms with Crippen molar-refractivity contribution in [3.8, 4) is 0 Å². The SMILES string of the molecule is CC(C)CN1CCOC(CNC(=O)NC(C(=O)Nc2ccccc2)c2ccccc2)C1. The number of carbonyl (C=O) groups excluding carboxylic acids is 2. The van der Waals surface area contributed by atoms with E-state index < -0.39 is 12.1 Å². The van der Waals surface area contributed by atoms with E-state index in [2.05, 4.69) is 34.7 Å². The molecule has 7 heteroatoms. The molecule has 1 fully saturated rings. The molecule has 3 amide bonds. The summed E-state index contributed by atoms with van der Waals surface area (Å²) in [5.74, 6) is 0.286. The Morgan fingerprint density at radius 3 is 2.42 bits per heavy atom. The van der Waals surface area contributed by atoms with Gasteiger partial charge < -0.3 is 20.7 Å². The van der Waals surface area contributed by atoms with E-state index >= 15 is 0 Å². The van der Waals surface area contributed by atoms with Gasteiger partial charge in [-0.2, -0.15) is 0 Å².